The zero-order valence-electron chi connectivity index (χ0n) is 13.8. The number of hydrogen-bond donors (Lipinski definition) is 1. The molecule has 1 aromatic carbocycles. The van der Waals surface area contributed by atoms with Crippen molar-refractivity contribution in [3.05, 3.63) is 56.7 Å². The minimum absolute atomic E-state index is 0.103. The first-order valence-electron chi connectivity index (χ1n) is 8.08. The van der Waals surface area contributed by atoms with Gasteiger partial charge in [0.15, 0.2) is 0 Å². The topological polar surface area (TPSA) is 60.3 Å². The molecule has 0 saturated heterocycles. The minimum Gasteiger partial charge on any atom is -0.496 e. The molecule has 1 aliphatic rings. The highest BCUT2D eigenvalue weighted by Crippen LogP contribution is 2.28. The van der Waals surface area contributed by atoms with Gasteiger partial charge in [-0.2, -0.15) is 0 Å². The standard InChI is InChI=1S/C18H18ClFN2O3/c1-25-15-10-16(23)22-8-4-2-3-5-14(22)17(15)18(24)21-13-7-6-11(20)9-12(13)19/h6-7,9-10H,2-5,8H2,1H3,(H,21,24). The molecule has 0 aliphatic carbocycles. The Balaban J connectivity index is 2.05. The number of pyridine rings is 1. The van der Waals surface area contributed by atoms with Crippen molar-refractivity contribution in [3.8, 4) is 5.75 Å². The summed E-state index contributed by atoms with van der Waals surface area (Å²) in [5.41, 5.74) is 1.11. The number of fused-ring (bicyclic) bond motifs is 1. The Hall–Kier alpha value is -2.34. The summed E-state index contributed by atoms with van der Waals surface area (Å²) in [5.74, 6) is -0.689. The third-order valence-corrected chi connectivity index (χ3v) is 4.62. The van der Waals surface area contributed by atoms with Crippen LogP contribution in [0, 0.1) is 5.82 Å². The molecule has 1 aromatic heterocycles. The average Bonchev–Trinajstić information content (AvgIpc) is 2.83. The summed E-state index contributed by atoms with van der Waals surface area (Å²) in [6.45, 7) is 0.579. The van der Waals surface area contributed by atoms with E-state index in [-0.39, 0.29) is 16.3 Å². The molecule has 5 nitrogen and oxygen atoms in total. The van der Waals surface area contributed by atoms with E-state index in [1.165, 1.54) is 25.3 Å². The van der Waals surface area contributed by atoms with E-state index >= 15 is 0 Å². The highest BCUT2D eigenvalue weighted by Gasteiger charge is 2.24. The lowest BCUT2D eigenvalue weighted by Gasteiger charge is -2.17. The van der Waals surface area contributed by atoms with Crippen LogP contribution in [0.2, 0.25) is 5.02 Å². The van der Waals surface area contributed by atoms with Crippen molar-refractivity contribution in [3.63, 3.8) is 0 Å². The Kier molecular flexibility index (Phi) is 5.08. The first-order chi connectivity index (χ1) is 12.0. The van der Waals surface area contributed by atoms with Crippen molar-refractivity contribution in [1.29, 1.82) is 0 Å². The Bertz CT molecular complexity index is 879. The molecule has 132 valence electrons. The van der Waals surface area contributed by atoms with Crippen LogP contribution in [0.5, 0.6) is 5.75 Å². The van der Waals surface area contributed by atoms with E-state index in [0.29, 0.717) is 29.9 Å². The SMILES string of the molecule is COc1cc(=O)n2c(c1C(=O)Nc1ccc(F)cc1Cl)CCCCC2. The molecule has 3 rings (SSSR count). The number of benzene rings is 1. The fourth-order valence-electron chi connectivity index (χ4n) is 3.10. The summed E-state index contributed by atoms with van der Waals surface area (Å²) < 4.78 is 20.1. The van der Waals surface area contributed by atoms with Gasteiger partial charge in [-0.25, -0.2) is 4.39 Å². The predicted octanol–water partition coefficient (Wildman–Crippen LogP) is 3.63. The second-order valence-electron chi connectivity index (χ2n) is 5.91. The number of aromatic nitrogens is 1. The Labute approximate surface area is 149 Å². The van der Waals surface area contributed by atoms with Gasteiger partial charge in [0.05, 0.1) is 17.8 Å². The van der Waals surface area contributed by atoms with E-state index in [2.05, 4.69) is 5.32 Å². The zero-order valence-corrected chi connectivity index (χ0v) is 14.5. The number of halogens is 2. The Morgan fingerprint density at radius 1 is 1.28 bits per heavy atom. The average molecular weight is 365 g/mol. The van der Waals surface area contributed by atoms with Crippen LogP contribution in [-0.2, 0) is 13.0 Å². The van der Waals surface area contributed by atoms with Gasteiger partial charge >= 0.3 is 0 Å². The highest BCUT2D eigenvalue weighted by atomic mass is 35.5. The summed E-state index contributed by atoms with van der Waals surface area (Å²) in [4.78, 5) is 25.2. The van der Waals surface area contributed by atoms with Gasteiger partial charge in [0, 0.05) is 18.3 Å². The number of amides is 1. The number of carbonyl (C=O) groups excluding carboxylic acids is 1. The third kappa shape index (κ3) is 3.54. The maximum atomic E-state index is 13.2. The Morgan fingerprint density at radius 3 is 2.80 bits per heavy atom. The van der Waals surface area contributed by atoms with Crippen molar-refractivity contribution < 1.29 is 13.9 Å². The molecule has 1 aliphatic heterocycles. The van der Waals surface area contributed by atoms with Gasteiger partial charge in [0.1, 0.15) is 17.1 Å². The second-order valence-corrected chi connectivity index (χ2v) is 6.32. The van der Waals surface area contributed by atoms with Gasteiger partial charge in [-0.15, -0.1) is 0 Å². The molecule has 0 bridgehead atoms. The second kappa shape index (κ2) is 7.27. The van der Waals surface area contributed by atoms with E-state index in [9.17, 15) is 14.0 Å². The maximum absolute atomic E-state index is 13.2. The van der Waals surface area contributed by atoms with E-state index in [1.54, 1.807) is 4.57 Å². The molecule has 0 atom stereocenters. The van der Waals surface area contributed by atoms with E-state index in [1.807, 2.05) is 0 Å². The van der Waals surface area contributed by atoms with Crippen LogP contribution >= 0.6 is 11.6 Å². The fraction of sp³-hybridized carbons (Fsp3) is 0.333. The van der Waals surface area contributed by atoms with Gasteiger partial charge in [0.2, 0.25) is 0 Å². The quantitative estimate of drug-likeness (QED) is 0.904. The van der Waals surface area contributed by atoms with Gasteiger partial charge in [-0.1, -0.05) is 18.0 Å². The number of carbonyl (C=O) groups is 1. The van der Waals surface area contributed by atoms with Crippen LogP contribution in [0.1, 0.15) is 35.3 Å². The van der Waals surface area contributed by atoms with Crippen LogP contribution < -0.4 is 15.6 Å². The molecule has 1 amide bonds. The largest absolute Gasteiger partial charge is 0.496 e. The first-order valence-corrected chi connectivity index (χ1v) is 8.46. The fourth-order valence-corrected chi connectivity index (χ4v) is 3.31. The molecular weight excluding hydrogens is 347 g/mol. The van der Waals surface area contributed by atoms with Gasteiger partial charge < -0.3 is 14.6 Å². The molecule has 0 spiro atoms. The molecule has 0 fully saturated rings. The summed E-state index contributed by atoms with van der Waals surface area (Å²) >= 11 is 5.99. The molecule has 0 radical (unpaired) electrons. The monoisotopic (exact) mass is 364 g/mol. The molecule has 1 N–H and O–H groups in total. The normalized spacial score (nSPS) is 13.7. The predicted molar refractivity (Wildman–Crippen MR) is 94.2 cm³/mol. The van der Waals surface area contributed by atoms with Gasteiger partial charge in [-0.05, 0) is 37.5 Å². The number of ether oxygens (including phenoxy) is 1. The molecule has 2 heterocycles. The lowest BCUT2D eigenvalue weighted by atomic mass is 10.1. The molecule has 0 saturated carbocycles. The number of nitrogens with one attached hydrogen (secondary N) is 1. The minimum atomic E-state index is -0.485. The first kappa shape index (κ1) is 17.5. The molecule has 7 heteroatoms. The summed E-state index contributed by atoms with van der Waals surface area (Å²) in [5, 5.41) is 2.79. The zero-order chi connectivity index (χ0) is 18.0. The number of nitrogens with zero attached hydrogens (tertiary/aromatic N) is 1. The van der Waals surface area contributed by atoms with Crippen LogP contribution in [0.4, 0.5) is 10.1 Å². The van der Waals surface area contributed by atoms with Crippen LogP contribution in [-0.4, -0.2) is 17.6 Å². The molecule has 25 heavy (non-hydrogen) atoms. The van der Waals surface area contributed by atoms with Gasteiger partial charge in [0.25, 0.3) is 11.5 Å². The number of methoxy groups -OCH3 is 1. The summed E-state index contributed by atoms with van der Waals surface area (Å²) in [6.07, 6.45) is 3.40. The maximum Gasteiger partial charge on any atom is 0.261 e. The number of hydrogen-bond acceptors (Lipinski definition) is 3. The van der Waals surface area contributed by atoms with E-state index in [0.717, 1.165) is 25.3 Å². The van der Waals surface area contributed by atoms with E-state index < -0.39 is 11.7 Å². The lowest BCUT2D eigenvalue weighted by Crippen LogP contribution is -2.27. The lowest BCUT2D eigenvalue weighted by molar-refractivity contribution is 0.102. The van der Waals surface area contributed by atoms with Gasteiger partial charge in [-0.3, -0.25) is 9.59 Å². The van der Waals surface area contributed by atoms with Crippen LogP contribution in [0.15, 0.2) is 29.1 Å². The van der Waals surface area contributed by atoms with E-state index in [4.69, 9.17) is 16.3 Å². The van der Waals surface area contributed by atoms with Crippen molar-refractivity contribution >= 4 is 23.2 Å². The summed E-state index contributed by atoms with van der Waals surface area (Å²) in [7, 11) is 1.42. The van der Waals surface area contributed by atoms with Crippen molar-refractivity contribution in [1.82, 2.24) is 4.57 Å². The molecule has 0 unspecified atom stereocenters. The molecule has 2 aromatic rings. The molecular formula is C18H18ClFN2O3. The van der Waals surface area contributed by atoms with Crippen LogP contribution in [0.3, 0.4) is 0 Å². The van der Waals surface area contributed by atoms with Crippen molar-refractivity contribution in [2.75, 3.05) is 12.4 Å². The number of rotatable bonds is 3. The van der Waals surface area contributed by atoms with Crippen LogP contribution in [0.25, 0.3) is 0 Å². The van der Waals surface area contributed by atoms with Crippen molar-refractivity contribution in [2.45, 2.75) is 32.2 Å². The number of anilines is 1. The smallest absolute Gasteiger partial charge is 0.261 e. The summed E-state index contributed by atoms with van der Waals surface area (Å²) in [6, 6.07) is 5.07. The van der Waals surface area contributed by atoms with Crippen molar-refractivity contribution in [2.24, 2.45) is 0 Å². The third-order valence-electron chi connectivity index (χ3n) is 4.30. The highest BCUT2D eigenvalue weighted by molar-refractivity contribution is 6.34. The Morgan fingerprint density at radius 2 is 2.08 bits per heavy atom.